The number of rotatable bonds is 4. The molecule has 1 N–H and O–H groups in total. The third-order valence-electron chi connectivity index (χ3n) is 2.92. The van der Waals surface area contributed by atoms with E-state index < -0.39 is 0 Å². The minimum absolute atomic E-state index is 0.269. The lowest BCUT2D eigenvalue weighted by molar-refractivity contribution is -0.142. The van der Waals surface area contributed by atoms with Crippen molar-refractivity contribution in [2.24, 2.45) is 4.99 Å². The fourth-order valence-electron chi connectivity index (χ4n) is 1.91. The highest BCUT2D eigenvalue weighted by atomic mass is 32.2. The summed E-state index contributed by atoms with van der Waals surface area (Å²) in [5.41, 5.74) is 1.29. The highest BCUT2D eigenvalue weighted by molar-refractivity contribution is 8.14. The van der Waals surface area contributed by atoms with Crippen LogP contribution in [0.1, 0.15) is 12.5 Å². The summed E-state index contributed by atoms with van der Waals surface area (Å²) in [5.74, 6) is 0.681. The Morgan fingerprint density at radius 1 is 1.53 bits per heavy atom. The number of thioether (sulfide) groups is 1. The van der Waals surface area contributed by atoms with Crippen molar-refractivity contribution in [3.63, 3.8) is 0 Å². The summed E-state index contributed by atoms with van der Waals surface area (Å²) < 4.78 is 4.68. The second-order valence-electron chi connectivity index (χ2n) is 4.48. The van der Waals surface area contributed by atoms with Gasteiger partial charge in [-0.2, -0.15) is 0 Å². The van der Waals surface area contributed by atoms with Crippen LogP contribution in [0.3, 0.4) is 0 Å². The number of esters is 1. The SMILES string of the molecule is COC(=O)C(C)NC1=NC(Cc2ccccc2)CS1. The van der Waals surface area contributed by atoms with E-state index in [1.54, 1.807) is 18.7 Å². The van der Waals surface area contributed by atoms with Crippen LogP contribution in [0.5, 0.6) is 0 Å². The van der Waals surface area contributed by atoms with Gasteiger partial charge in [0.2, 0.25) is 0 Å². The van der Waals surface area contributed by atoms with E-state index in [0.29, 0.717) is 0 Å². The van der Waals surface area contributed by atoms with E-state index in [2.05, 4.69) is 27.2 Å². The number of carbonyl (C=O) groups is 1. The van der Waals surface area contributed by atoms with Crippen molar-refractivity contribution in [3.8, 4) is 0 Å². The molecule has 0 radical (unpaired) electrons. The van der Waals surface area contributed by atoms with Gasteiger partial charge in [0.1, 0.15) is 6.04 Å². The van der Waals surface area contributed by atoms with Crippen LogP contribution in [0.2, 0.25) is 0 Å². The van der Waals surface area contributed by atoms with Crippen LogP contribution in [0.15, 0.2) is 35.3 Å². The molecular formula is C14H18N2O2S. The van der Waals surface area contributed by atoms with Crippen LogP contribution >= 0.6 is 11.8 Å². The molecule has 0 saturated carbocycles. The Balaban J connectivity index is 1.88. The molecule has 0 bridgehead atoms. The molecule has 1 aliphatic heterocycles. The Hall–Kier alpha value is -1.49. The maximum absolute atomic E-state index is 11.3. The van der Waals surface area contributed by atoms with E-state index in [4.69, 9.17) is 0 Å². The topological polar surface area (TPSA) is 50.7 Å². The van der Waals surface area contributed by atoms with Gasteiger partial charge in [-0.3, -0.25) is 4.99 Å². The molecule has 2 rings (SSSR count). The lowest BCUT2D eigenvalue weighted by atomic mass is 10.1. The Bertz CT molecular complexity index is 462. The lowest BCUT2D eigenvalue weighted by Crippen LogP contribution is -2.37. The Kier molecular flexibility index (Phi) is 4.85. The quantitative estimate of drug-likeness (QED) is 0.854. The lowest BCUT2D eigenvalue weighted by Gasteiger charge is -2.11. The molecule has 1 aromatic carbocycles. The van der Waals surface area contributed by atoms with Gasteiger partial charge in [-0.25, -0.2) is 4.79 Å². The van der Waals surface area contributed by atoms with Gasteiger partial charge in [0.25, 0.3) is 0 Å². The van der Waals surface area contributed by atoms with Gasteiger partial charge in [0.05, 0.1) is 13.2 Å². The summed E-state index contributed by atoms with van der Waals surface area (Å²) in [6.07, 6.45) is 0.936. The maximum Gasteiger partial charge on any atom is 0.328 e. The van der Waals surface area contributed by atoms with Gasteiger partial charge >= 0.3 is 5.97 Å². The van der Waals surface area contributed by atoms with Crippen molar-refractivity contribution in [1.82, 2.24) is 5.32 Å². The van der Waals surface area contributed by atoms with E-state index in [9.17, 15) is 4.79 Å². The minimum Gasteiger partial charge on any atom is -0.467 e. The minimum atomic E-state index is -0.355. The molecule has 19 heavy (non-hydrogen) atoms. The summed E-state index contributed by atoms with van der Waals surface area (Å²) in [5, 5.41) is 3.92. The Labute approximate surface area is 117 Å². The normalized spacial score (nSPS) is 19.7. The average Bonchev–Trinajstić information content (AvgIpc) is 2.86. The third-order valence-corrected chi connectivity index (χ3v) is 3.97. The number of carbonyl (C=O) groups excluding carboxylic acids is 1. The van der Waals surface area contributed by atoms with Crippen molar-refractivity contribution in [3.05, 3.63) is 35.9 Å². The molecule has 0 fully saturated rings. The van der Waals surface area contributed by atoms with Crippen molar-refractivity contribution >= 4 is 22.9 Å². The summed E-state index contributed by atoms with van der Waals surface area (Å²) in [4.78, 5) is 15.9. The van der Waals surface area contributed by atoms with Crippen LogP contribution in [0.4, 0.5) is 0 Å². The number of hydrogen-bond donors (Lipinski definition) is 1. The van der Waals surface area contributed by atoms with E-state index in [-0.39, 0.29) is 18.1 Å². The fraction of sp³-hybridized carbons (Fsp3) is 0.429. The predicted molar refractivity (Wildman–Crippen MR) is 78.4 cm³/mol. The Morgan fingerprint density at radius 2 is 2.26 bits per heavy atom. The number of aliphatic imine (C=N–C) groups is 1. The zero-order valence-corrected chi connectivity index (χ0v) is 11.9. The molecule has 0 spiro atoms. The van der Waals surface area contributed by atoms with Crippen molar-refractivity contribution in [2.45, 2.75) is 25.4 Å². The van der Waals surface area contributed by atoms with E-state index in [0.717, 1.165) is 17.3 Å². The average molecular weight is 278 g/mol. The van der Waals surface area contributed by atoms with Gasteiger partial charge in [0.15, 0.2) is 5.17 Å². The number of methoxy groups -OCH3 is 1. The standard InChI is InChI=1S/C14H18N2O2S/c1-10(13(17)18-2)15-14-16-12(9-19-14)8-11-6-4-3-5-7-11/h3-7,10,12H,8-9H2,1-2H3,(H,15,16). The van der Waals surface area contributed by atoms with Gasteiger partial charge in [-0.05, 0) is 18.9 Å². The van der Waals surface area contributed by atoms with Crippen molar-refractivity contribution in [1.29, 1.82) is 0 Å². The molecule has 2 atom stereocenters. The van der Waals surface area contributed by atoms with Gasteiger partial charge in [0, 0.05) is 5.75 Å². The molecule has 0 aromatic heterocycles. The zero-order chi connectivity index (χ0) is 13.7. The zero-order valence-electron chi connectivity index (χ0n) is 11.1. The first-order chi connectivity index (χ1) is 9.19. The molecule has 0 aliphatic carbocycles. The van der Waals surface area contributed by atoms with Gasteiger partial charge in [-0.15, -0.1) is 0 Å². The largest absolute Gasteiger partial charge is 0.467 e. The monoisotopic (exact) mass is 278 g/mol. The van der Waals surface area contributed by atoms with E-state index >= 15 is 0 Å². The number of amidine groups is 1. The van der Waals surface area contributed by atoms with E-state index in [1.165, 1.54) is 12.7 Å². The Morgan fingerprint density at radius 3 is 2.95 bits per heavy atom. The van der Waals surface area contributed by atoms with Gasteiger partial charge < -0.3 is 10.1 Å². The second-order valence-corrected chi connectivity index (χ2v) is 5.49. The first-order valence-corrected chi connectivity index (χ1v) is 7.26. The fourth-order valence-corrected chi connectivity index (χ4v) is 2.93. The molecule has 1 aromatic rings. The highest BCUT2D eigenvalue weighted by Gasteiger charge is 2.22. The number of hydrogen-bond acceptors (Lipinski definition) is 5. The third kappa shape index (κ3) is 3.99. The van der Waals surface area contributed by atoms with Crippen LogP contribution in [0, 0.1) is 0 Å². The van der Waals surface area contributed by atoms with Crippen molar-refractivity contribution in [2.75, 3.05) is 12.9 Å². The first-order valence-electron chi connectivity index (χ1n) is 6.28. The smallest absolute Gasteiger partial charge is 0.328 e. The molecule has 2 unspecified atom stereocenters. The van der Waals surface area contributed by atoms with Crippen LogP contribution in [-0.4, -0.2) is 36.1 Å². The number of nitrogens with zero attached hydrogens (tertiary/aromatic N) is 1. The van der Waals surface area contributed by atoms with Crippen LogP contribution < -0.4 is 5.32 Å². The highest BCUT2D eigenvalue weighted by Crippen LogP contribution is 2.20. The van der Waals surface area contributed by atoms with Gasteiger partial charge in [-0.1, -0.05) is 42.1 Å². The number of ether oxygens (including phenoxy) is 1. The number of benzene rings is 1. The van der Waals surface area contributed by atoms with Crippen LogP contribution in [0.25, 0.3) is 0 Å². The molecule has 0 saturated heterocycles. The first kappa shape index (κ1) is 13.9. The molecule has 0 amide bonds. The second kappa shape index (κ2) is 6.61. The predicted octanol–water partition coefficient (Wildman–Crippen LogP) is 1.85. The summed E-state index contributed by atoms with van der Waals surface area (Å²) >= 11 is 1.66. The number of nitrogens with one attached hydrogen (secondary N) is 1. The molecule has 5 heteroatoms. The molecule has 1 aliphatic rings. The van der Waals surface area contributed by atoms with Crippen molar-refractivity contribution < 1.29 is 9.53 Å². The molecule has 102 valence electrons. The molecular weight excluding hydrogens is 260 g/mol. The summed E-state index contributed by atoms with van der Waals surface area (Å²) in [6, 6.07) is 10.2. The molecule has 1 heterocycles. The summed E-state index contributed by atoms with van der Waals surface area (Å²) in [6.45, 7) is 1.78. The maximum atomic E-state index is 11.3. The van der Waals surface area contributed by atoms with E-state index in [1.807, 2.05) is 18.2 Å². The van der Waals surface area contributed by atoms with Crippen LogP contribution in [-0.2, 0) is 16.0 Å². The summed E-state index contributed by atoms with van der Waals surface area (Å²) in [7, 11) is 1.39. The molecule has 4 nitrogen and oxygen atoms in total.